The van der Waals surface area contributed by atoms with Crippen molar-refractivity contribution in [1.82, 2.24) is 10.6 Å². The molecule has 0 saturated heterocycles. The number of urea groups is 1. The minimum Gasteiger partial charge on any atom is -0.449 e. The minimum atomic E-state index is -1.09. The second-order valence-electron chi connectivity index (χ2n) is 5.93. The lowest BCUT2D eigenvalue weighted by Gasteiger charge is -2.11. The third kappa shape index (κ3) is 4.62. The van der Waals surface area contributed by atoms with Gasteiger partial charge in [0.2, 0.25) is 0 Å². The number of hydrogen-bond donors (Lipinski definition) is 2. The molecule has 3 rings (SSSR count). The van der Waals surface area contributed by atoms with Crippen molar-refractivity contribution in [3.05, 3.63) is 40.2 Å². The molecule has 136 valence electrons. The molecular weight excluding hydrogens is 376 g/mol. The highest BCUT2D eigenvalue weighted by atomic mass is 35.5. The lowest BCUT2D eigenvalue weighted by molar-refractivity contribution is -0.149. The van der Waals surface area contributed by atoms with Crippen molar-refractivity contribution in [3.8, 4) is 0 Å². The third-order valence-corrected chi connectivity index (χ3v) is 5.40. The average molecular weight is 393 g/mol. The molecule has 1 heterocycles. The zero-order valence-electron chi connectivity index (χ0n) is 14.0. The number of fused-ring (bicyclic) bond motifs is 1. The van der Waals surface area contributed by atoms with Gasteiger partial charge in [0.25, 0.3) is 5.91 Å². The Morgan fingerprint density at radius 3 is 2.73 bits per heavy atom. The number of carbonyl (C=O) groups is 3. The Morgan fingerprint density at radius 1 is 1.31 bits per heavy atom. The first-order chi connectivity index (χ1) is 12.4. The number of thiophene rings is 1. The maximum atomic E-state index is 11.9. The molecule has 0 aliphatic heterocycles. The molecule has 0 bridgehead atoms. The zero-order valence-corrected chi connectivity index (χ0v) is 15.5. The molecule has 2 N–H and O–H groups in total. The van der Waals surface area contributed by atoms with E-state index in [0.29, 0.717) is 5.02 Å². The van der Waals surface area contributed by atoms with Crippen LogP contribution in [0.3, 0.4) is 0 Å². The summed E-state index contributed by atoms with van der Waals surface area (Å²) in [5.74, 6) is -1.37. The first-order valence-corrected chi connectivity index (χ1v) is 9.30. The fourth-order valence-corrected chi connectivity index (χ4v) is 3.61. The summed E-state index contributed by atoms with van der Waals surface area (Å²) < 4.78 is 6.03. The molecule has 1 aromatic carbocycles. The molecule has 1 aliphatic rings. The summed E-state index contributed by atoms with van der Waals surface area (Å²) >= 11 is 7.75. The van der Waals surface area contributed by atoms with Gasteiger partial charge in [-0.1, -0.05) is 29.8 Å². The Morgan fingerprint density at radius 2 is 2.04 bits per heavy atom. The number of halogens is 1. The predicted molar refractivity (Wildman–Crippen MR) is 101 cm³/mol. The number of rotatable bonds is 5. The summed E-state index contributed by atoms with van der Waals surface area (Å²) in [6, 6.07) is 7.21. The molecule has 26 heavy (non-hydrogen) atoms. The monoisotopic (exact) mass is 392 g/mol. The Balaban J connectivity index is 1.55. The van der Waals surface area contributed by atoms with Crippen LogP contribution in [0.4, 0.5) is 4.79 Å². The molecule has 1 aromatic heterocycles. The standard InChI is InChI=1S/C18H17ClN2O4S/c1-10(17(23)21-18(24)20-11-6-7-11)25-15(22)9-8-14-16(19)12-4-2-3-5-13(12)26-14/h2-5,8-11H,6-7H2,1H3,(H2,20,21,23,24)/b9-8+. The lowest BCUT2D eigenvalue weighted by Crippen LogP contribution is -2.45. The molecule has 1 unspecified atom stereocenters. The van der Waals surface area contributed by atoms with E-state index in [0.717, 1.165) is 27.8 Å². The largest absolute Gasteiger partial charge is 0.449 e. The topological polar surface area (TPSA) is 84.5 Å². The van der Waals surface area contributed by atoms with Crippen LogP contribution in [0.1, 0.15) is 24.6 Å². The van der Waals surface area contributed by atoms with Gasteiger partial charge in [0.1, 0.15) is 0 Å². The summed E-state index contributed by atoms with van der Waals surface area (Å²) in [5, 5.41) is 6.25. The maximum absolute atomic E-state index is 11.9. The van der Waals surface area contributed by atoms with Crippen LogP contribution in [0.5, 0.6) is 0 Å². The van der Waals surface area contributed by atoms with Crippen molar-refractivity contribution in [2.45, 2.75) is 31.9 Å². The van der Waals surface area contributed by atoms with Crippen LogP contribution in [0.25, 0.3) is 16.2 Å². The summed E-state index contributed by atoms with van der Waals surface area (Å²) in [6.45, 7) is 1.40. The fourth-order valence-electron chi connectivity index (χ4n) is 2.21. The normalized spacial score (nSPS) is 15.0. The molecule has 0 spiro atoms. The first-order valence-electron chi connectivity index (χ1n) is 8.11. The molecule has 8 heteroatoms. The molecule has 3 amide bonds. The highest BCUT2D eigenvalue weighted by molar-refractivity contribution is 7.20. The number of ether oxygens (including phenoxy) is 1. The van der Waals surface area contributed by atoms with Crippen LogP contribution < -0.4 is 10.6 Å². The predicted octanol–water partition coefficient (Wildman–Crippen LogP) is 3.49. The van der Waals surface area contributed by atoms with E-state index in [9.17, 15) is 14.4 Å². The molecule has 2 aromatic rings. The third-order valence-electron chi connectivity index (χ3n) is 3.74. The average Bonchev–Trinajstić information content (AvgIpc) is 3.35. The first kappa shape index (κ1) is 18.4. The number of hydrogen-bond acceptors (Lipinski definition) is 5. The van der Waals surface area contributed by atoms with Gasteiger partial charge in [-0.15, -0.1) is 11.3 Å². The highest BCUT2D eigenvalue weighted by Crippen LogP contribution is 2.35. The molecular formula is C18H17ClN2O4S. The van der Waals surface area contributed by atoms with Crippen molar-refractivity contribution in [2.24, 2.45) is 0 Å². The molecule has 1 saturated carbocycles. The van der Waals surface area contributed by atoms with Gasteiger partial charge in [0.05, 0.1) is 5.02 Å². The summed E-state index contributed by atoms with van der Waals surface area (Å²) in [5.41, 5.74) is 0. The van der Waals surface area contributed by atoms with Gasteiger partial charge in [-0.25, -0.2) is 9.59 Å². The van der Waals surface area contributed by atoms with Crippen molar-refractivity contribution in [1.29, 1.82) is 0 Å². The SMILES string of the molecule is CC(OC(=O)/C=C/c1sc2ccccc2c1Cl)C(=O)NC(=O)NC1CC1. The van der Waals surface area contributed by atoms with E-state index in [1.54, 1.807) is 6.08 Å². The smallest absolute Gasteiger partial charge is 0.331 e. The quantitative estimate of drug-likeness (QED) is 0.602. The van der Waals surface area contributed by atoms with E-state index >= 15 is 0 Å². The second-order valence-corrected chi connectivity index (χ2v) is 7.39. The maximum Gasteiger partial charge on any atom is 0.331 e. The number of esters is 1. The van der Waals surface area contributed by atoms with Gasteiger partial charge in [-0.05, 0) is 31.9 Å². The van der Waals surface area contributed by atoms with Crippen LogP contribution >= 0.6 is 22.9 Å². The Kier molecular flexibility index (Phi) is 5.58. The van der Waals surface area contributed by atoms with E-state index in [-0.39, 0.29) is 6.04 Å². The number of carbonyl (C=O) groups excluding carboxylic acids is 3. The minimum absolute atomic E-state index is 0.134. The van der Waals surface area contributed by atoms with Gasteiger partial charge in [0, 0.05) is 27.1 Å². The van der Waals surface area contributed by atoms with E-state index < -0.39 is 24.0 Å². The Hall–Kier alpha value is -2.38. The van der Waals surface area contributed by atoms with Crippen LogP contribution in [0.15, 0.2) is 30.3 Å². The van der Waals surface area contributed by atoms with Gasteiger partial charge >= 0.3 is 12.0 Å². The summed E-state index contributed by atoms with van der Waals surface area (Å²) in [7, 11) is 0. The van der Waals surface area contributed by atoms with Gasteiger partial charge in [-0.3, -0.25) is 10.1 Å². The van der Waals surface area contributed by atoms with Crippen molar-refractivity contribution >= 4 is 57.0 Å². The number of nitrogens with one attached hydrogen (secondary N) is 2. The highest BCUT2D eigenvalue weighted by Gasteiger charge is 2.25. The molecule has 0 radical (unpaired) electrons. The Labute approximate surface area is 159 Å². The fraction of sp³-hybridized carbons (Fsp3) is 0.278. The van der Waals surface area contributed by atoms with Crippen LogP contribution in [-0.4, -0.2) is 30.1 Å². The zero-order chi connectivity index (χ0) is 18.7. The van der Waals surface area contributed by atoms with E-state index in [4.69, 9.17) is 16.3 Å². The van der Waals surface area contributed by atoms with Crippen molar-refractivity contribution in [2.75, 3.05) is 0 Å². The molecule has 1 fully saturated rings. The number of amides is 3. The van der Waals surface area contributed by atoms with E-state index in [2.05, 4.69) is 10.6 Å². The van der Waals surface area contributed by atoms with Gasteiger partial charge in [0.15, 0.2) is 6.10 Å². The van der Waals surface area contributed by atoms with Crippen molar-refractivity contribution < 1.29 is 19.1 Å². The Bertz CT molecular complexity index is 888. The molecule has 1 aliphatic carbocycles. The van der Waals surface area contributed by atoms with Gasteiger partial charge < -0.3 is 10.1 Å². The van der Waals surface area contributed by atoms with Crippen molar-refractivity contribution in [3.63, 3.8) is 0 Å². The van der Waals surface area contributed by atoms with E-state index in [1.807, 2.05) is 24.3 Å². The number of benzene rings is 1. The van der Waals surface area contributed by atoms with E-state index in [1.165, 1.54) is 24.3 Å². The lowest BCUT2D eigenvalue weighted by atomic mass is 10.2. The van der Waals surface area contributed by atoms with Crippen LogP contribution in [-0.2, 0) is 14.3 Å². The second kappa shape index (κ2) is 7.88. The summed E-state index contributed by atoms with van der Waals surface area (Å²) in [4.78, 5) is 36.0. The van der Waals surface area contributed by atoms with Crippen LogP contribution in [0, 0.1) is 0 Å². The van der Waals surface area contributed by atoms with Crippen LogP contribution in [0.2, 0.25) is 5.02 Å². The molecule has 6 nitrogen and oxygen atoms in total. The number of imide groups is 1. The summed E-state index contributed by atoms with van der Waals surface area (Å²) in [6.07, 6.45) is 3.51. The molecule has 1 atom stereocenters. The van der Waals surface area contributed by atoms with Gasteiger partial charge in [-0.2, -0.15) is 0 Å².